The van der Waals surface area contributed by atoms with Crippen LogP contribution in [0, 0.1) is 6.92 Å². The van der Waals surface area contributed by atoms with Crippen LogP contribution in [0.15, 0.2) is 29.2 Å². The molecule has 0 bridgehead atoms. The quantitative estimate of drug-likeness (QED) is 0.830. The summed E-state index contributed by atoms with van der Waals surface area (Å²) in [7, 11) is -2.47. The second kappa shape index (κ2) is 7.10. The van der Waals surface area contributed by atoms with E-state index < -0.39 is 22.0 Å². The maximum atomic E-state index is 12.4. The van der Waals surface area contributed by atoms with E-state index in [1.54, 1.807) is 12.1 Å². The molecule has 20 heavy (non-hydrogen) atoms. The van der Waals surface area contributed by atoms with E-state index in [0.29, 0.717) is 5.75 Å². The molecule has 1 rings (SSSR count). The molecular formula is C13H19NO4S2. The highest BCUT2D eigenvalue weighted by Crippen LogP contribution is 2.19. The number of sulfonamides is 1. The van der Waals surface area contributed by atoms with E-state index in [-0.39, 0.29) is 11.3 Å². The third-order valence-electron chi connectivity index (χ3n) is 3.02. The van der Waals surface area contributed by atoms with Gasteiger partial charge in [0.05, 0.1) is 4.90 Å². The molecule has 0 heterocycles. The topological polar surface area (TPSA) is 74.7 Å². The summed E-state index contributed by atoms with van der Waals surface area (Å²) < 4.78 is 25.8. The summed E-state index contributed by atoms with van der Waals surface area (Å²) in [5.74, 6) is -0.540. The van der Waals surface area contributed by atoms with Crippen molar-refractivity contribution >= 4 is 27.8 Å². The Morgan fingerprint density at radius 2 is 1.90 bits per heavy atom. The first-order valence-electron chi connectivity index (χ1n) is 6.07. The van der Waals surface area contributed by atoms with Gasteiger partial charge in [0.2, 0.25) is 10.0 Å². The molecule has 112 valence electrons. The highest BCUT2D eigenvalue weighted by atomic mass is 32.2. The van der Waals surface area contributed by atoms with Crippen LogP contribution in [0.5, 0.6) is 0 Å². The highest BCUT2D eigenvalue weighted by molar-refractivity contribution is 7.98. The van der Waals surface area contributed by atoms with Crippen LogP contribution in [0.4, 0.5) is 0 Å². The van der Waals surface area contributed by atoms with Gasteiger partial charge in [0, 0.05) is 7.05 Å². The Balaban J connectivity index is 3.05. The van der Waals surface area contributed by atoms with E-state index in [2.05, 4.69) is 0 Å². The normalized spacial score (nSPS) is 13.4. The Bertz CT molecular complexity index is 554. The van der Waals surface area contributed by atoms with Gasteiger partial charge >= 0.3 is 5.97 Å². The number of rotatable bonds is 7. The zero-order valence-electron chi connectivity index (χ0n) is 11.7. The molecule has 0 saturated carbocycles. The third kappa shape index (κ3) is 3.97. The van der Waals surface area contributed by atoms with Crippen molar-refractivity contribution in [2.24, 2.45) is 0 Å². The van der Waals surface area contributed by atoms with E-state index in [1.807, 2.05) is 13.2 Å². The van der Waals surface area contributed by atoms with Crippen molar-refractivity contribution < 1.29 is 18.3 Å². The van der Waals surface area contributed by atoms with Crippen LogP contribution in [0.25, 0.3) is 0 Å². The van der Waals surface area contributed by atoms with Crippen molar-refractivity contribution in [3.63, 3.8) is 0 Å². The number of thioether (sulfide) groups is 1. The Hall–Kier alpha value is -1.05. The first kappa shape index (κ1) is 17.0. The maximum absolute atomic E-state index is 12.4. The van der Waals surface area contributed by atoms with Crippen LogP contribution in [0.3, 0.4) is 0 Å². The number of hydrogen-bond donors (Lipinski definition) is 1. The fraction of sp³-hybridized carbons (Fsp3) is 0.462. The lowest BCUT2D eigenvalue weighted by Gasteiger charge is -2.24. The summed E-state index contributed by atoms with van der Waals surface area (Å²) in [6.07, 6.45) is 2.13. The molecule has 1 atom stereocenters. The summed E-state index contributed by atoms with van der Waals surface area (Å²) in [5.41, 5.74) is 0.948. The van der Waals surface area contributed by atoms with Crippen molar-refractivity contribution in [3.8, 4) is 0 Å². The third-order valence-corrected chi connectivity index (χ3v) is 5.54. The van der Waals surface area contributed by atoms with Crippen molar-refractivity contribution in [3.05, 3.63) is 29.8 Å². The predicted octanol–water partition coefficient (Wildman–Crippen LogP) is 1.82. The molecule has 0 spiro atoms. The Morgan fingerprint density at radius 1 is 1.35 bits per heavy atom. The number of nitrogens with zero attached hydrogens (tertiary/aromatic N) is 1. The number of carbonyl (C=O) groups is 1. The number of likely N-dealkylation sites (N-methyl/N-ethyl adjacent to an activating group) is 1. The number of aliphatic carboxylic acids is 1. The SMILES string of the molecule is CSCC[C@@H](C(=O)O)N(C)S(=O)(=O)c1ccc(C)cc1. The second-order valence-corrected chi connectivity index (χ2v) is 7.45. The Labute approximate surface area is 124 Å². The molecule has 0 aliphatic heterocycles. The van der Waals surface area contributed by atoms with Gasteiger partial charge in [-0.2, -0.15) is 16.1 Å². The zero-order valence-corrected chi connectivity index (χ0v) is 13.4. The van der Waals surface area contributed by atoms with E-state index in [1.165, 1.54) is 30.9 Å². The van der Waals surface area contributed by atoms with E-state index in [9.17, 15) is 18.3 Å². The first-order chi connectivity index (χ1) is 9.30. The molecule has 0 aromatic heterocycles. The minimum atomic E-state index is -3.79. The van der Waals surface area contributed by atoms with Crippen LogP contribution >= 0.6 is 11.8 Å². The molecule has 0 saturated heterocycles. The van der Waals surface area contributed by atoms with Gasteiger partial charge in [-0.3, -0.25) is 4.79 Å². The summed E-state index contributed by atoms with van der Waals surface area (Å²) >= 11 is 1.49. The van der Waals surface area contributed by atoms with Crippen molar-refractivity contribution in [1.29, 1.82) is 0 Å². The Morgan fingerprint density at radius 3 is 2.35 bits per heavy atom. The average Bonchev–Trinajstić information content (AvgIpc) is 2.39. The fourth-order valence-corrected chi connectivity index (χ4v) is 3.54. The number of carboxylic acids is 1. The summed E-state index contributed by atoms with van der Waals surface area (Å²) in [5, 5.41) is 9.21. The van der Waals surface area contributed by atoms with Crippen LogP contribution in [0.2, 0.25) is 0 Å². The lowest BCUT2D eigenvalue weighted by atomic mass is 10.2. The molecule has 0 unspecified atom stereocenters. The highest BCUT2D eigenvalue weighted by Gasteiger charge is 2.32. The molecule has 0 radical (unpaired) electrons. The van der Waals surface area contributed by atoms with Gasteiger partial charge in [0.15, 0.2) is 0 Å². The number of aryl methyl sites for hydroxylation is 1. The van der Waals surface area contributed by atoms with Crippen LogP contribution in [-0.2, 0) is 14.8 Å². The van der Waals surface area contributed by atoms with Gasteiger partial charge in [-0.25, -0.2) is 8.42 Å². The molecule has 5 nitrogen and oxygen atoms in total. The molecule has 0 aliphatic rings. The second-order valence-electron chi connectivity index (χ2n) is 4.47. The van der Waals surface area contributed by atoms with Gasteiger partial charge in [-0.15, -0.1) is 0 Å². The van der Waals surface area contributed by atoms with E-state index in [0.717, 1.165) is 9.87 Å². The minimum Gasteiger partial charge on any atom is -0.480 e. The first-order valence-corrected chi connectivity index (χ1v) is 8.90. The van der Waals surface area contributed by atoms with E-state index in [4.69, 9.17) is 0 Å². The van der Waals surface area contributed by atoms with Gasteiger partial charge < -0.3 is 5.11 Å². The fourth-order valence-electron chi connectivity index (χ4n) is 1.73. The lowest BCUT2D eigenvalue weighted by Crippen LogP contribution is -2.42. The summed E-state index contributed by atoms with van der Waals surface area (Å²) in [6.45, 7) is 1.86. The largest absolute Gasteiger partial charge is 0.480 e. The van der Waals surface area contributed by atoms with Crippen LogP contribution < -0.4 is 0 Å². The van der Waals surface area contributed by atoms with Gasteiger partial charge in [0.1, 0.15) is 6.04 Å². The number of carboxylic acid groups (broad SMARTS) is 1. The molecular weight excluding hydrogens is 298 g/mol. The number of benzene rings is 1. The summed E-state index contributed by atoms with van der Waals surface area (Å²) in [6, 6.07) is 5.33. The molecule has 1 aromatic rings. The number of hydrogen-bond acceptors (Lipinski definition) is 4. The zero-order chi connectivity index (χ0) is 15.3. The van der Waals surface area contributed by atoms with Crippen molar-refractivity contribution in [1.82, 2.24) is 4.31 Å². The predicted molar refractivity (Wildman–Crippen MR) is 80.6 cm³/mol. The van der Waals surface area contributed by atoms with Gasteiger partial charge in [-0.1, -0.05) is 17.7 Å². The molecule has 7 heteroatoms. The molecule has 0 aliphatic carbocycles. The summed E-state index contributed by atoms with van der Waals surface area (Å²) in [4.78, 5) is 11.4. The van der Waals surface area contributed by atoms with E-state index >= 15 is 0 Å². The van der Waals surface area contributed by atoms with Gasteiger partial charge in [-0.05, 0) is 37.5 Å². The smallest absolute Gasteiger partial charge is 0.322 e. The molecule has 0 amide bonds. The monoisotopic (exact) mass is 317 g/mol. The van der Waals surface area contributed by atoms with Crippen LogP contribution in [-0.4, -0.2) is 48.9 Å². The average molecular weight is 317 g/mol. The van der Waals surface area contributed by atoms with Crippen LogP contribution in [0.1, 0.15) is 12.0 Å². The van der Waals surface area contributed by atoms with Crippen molar-refractivity contribution in [2.75, 3.05) is 19.1 Å². The van der Waals surface area contributed by atoms with Gasteiger partial charge in [0.25, 0.3) is 0 Å². The Kier molecular flexibility index (Phi) is 6.04. The molecule has 1 aromatic carbocycles. The minimum absolute atomic E-state index is 0.112. The standard InChI is InChI=1S/C13H19NO4S2/c1-10-4-6-11(7-5-10)20(17,18)14(2)12(13(15)16)8-9-19-3/h4-7,12H,8-9H2,1-3H3,(H,15,16)/t12-/m0/s1. The molecule has 0 fully saturated rings. The lowest BCUT2D eigenvalue weighted by molar-refractivity contribution is -0.141. The maximum Gasteiger partial charge on any atom is 0.322 e. The molecule has 1 N–H and O–H groups in total. The van der Waals surface area contributed by atoms with Crippen molar-refractivity contribution in [2.45, 2.75) is 24.3 Å².